The summed E-state index contributed by atoms with van der Waals surface area (Å²) >= 11 is 0. The molecule has 0 bridgehead atoms. The number of carbonyl (C=O) groups is 1. The Morgan fingerprint density at radius 1 is 1.42 bits per heavy atom. The van der Waals surface area contributed by atoms with Gasteiger partial charge in [-0.25, -0.2) is 0 Å². The van der Waals surface area contributed by atoms with Crippen LogP contribution in [0.15, 0.2) is 0 Å². The molecule has 1 saturated heterocycles. The Labute approximate surface area is 74.9 Å². The van der Waals surface area contributed by atoms with Gasteiger partial charge in [-0.2, -0.15) is 0 Å². The van der Waals surface area contributed by atoms with Gasteiger partial charge in [0, 0.05) is 18.0 Å². The number of piperidine rings is 1. The lowest BCUT2D eigenvalue weighted by Gasteiger charge is -2.43. The quantitative estimate of drug-likeness (QED) is 0.544. The highest BCUT2D eigenvalue weighted by molar-refractivity contribution is 5.78. The van der Waals surface area contributed by atoms with E-state index in [1.807, 2.05) is 4.90 Å². The second-order valence-electron chi connectivity index (χ2n) is 4.68. The number of amides is 1. The van der Waals surface area contributed by atoms with E-state index >= 15 is 0 Å². The molecule has 12 heavy (non-hydrogen) atoms. The Morgan fingerprint density at radius 3 is 2.33 bits per heavy atom. The van der Waals surface area contributed by atoms with Crippen molar-refractivity contribution in [2.45, 2.75) is 58.5 Å². The van der Waals surface area contributed by atoms with Crippen LogP contribution in [0.1, 0.15) is 47.0 Å². The van der Waals surface area contributed by atoms with Gasteiger partial charge in [-0.1, -0.05) is 0 Å². The Morgan fingerprint density at radius 2 is 2.00 bits per heavy atom. The number of hydrogen-bond acceptors (Lipinski definition) is 1. The van der Waals surface area contributed by atoms with Gasteiger partial charge in [0.05, 0.1) is 0 Å². The lowest BCUT2D eigenvalue weighted by Crippen LogP contribution is -2.52. The highest BCUT2D eigenvalue weighted by atomic mass is 16.2. The highest BCUT2D eigenvalue weighted by Gasteiger charge is 2.32. The monoisotopic (exact) mass is 169 g/mol. The normalized spacial score (nSPS) is 26.2. The van der Waals surface area contributed by atoms with E-state index in [9.17, 15) is 4.79 Å². The second kappa shape index (κ2) is 3.08. The Kier molecular flexibility index (Phi) is 2.45. The average molecular weight is 169 g/mol. The molecule has 1 aliphatic rings. The van der Waals surface area contributed by atoms with Crippen molar-refractivity contribution in [2.75, 3.05) is 0 Å². The van der Waals surface area contributed by atoms with Crippen molar-refractivity contribution in [2.24, 2.45) is 0 Å². The van der Waals surface area contributed by atoms with Crippen LogP contribution in [0, 0.1) is 0 Å². The third-order valence-electron chi connectivity index (χ3n) is 2.44. The zero-order valence-electron chi connectivity index (χ0n) is 8.55. The van der Waals surface area contributed by atoms with E-state index in [0.29, 0.717) is 11.9 Å². The van der Waals surface area contributed by atoms with Crippen LogP contribution in [-0.2, 0) is 4.79 Å². The zero-order chi connectivity index (χ0) is 9.35. The molecular weight excluding hydrogens is 150 g/mol. The summed E-state index contributed by atoms with van der Waals surface area (Å²) < 4.78 is 0. The molecule has 1 amide bonds. The molecule has 0 aromatic heterocycles. The number of rotatable bonds is 0. The first kappa shape index (κ1) is 9.56. The minimum atomic E-state index is -0.00306. The van der Waals surface area contributed by atoms with Crippen molar-refractivity contribution < 1.29 is 4.79 Å². The lowest BCUT2D eigenvalue weighted by atomic mass is 9.95. The number of hydrogen-bond donors (Lipinski definition) is 0. The largest absolute Gasteiger partial charge is 0.335 e. The van der Waals surface area contributed by atoms with Crippen LogP contribution in [0.4, 0.5) is 0 Å². The molecule has 1 heterocycles. The predicted octanol–water partition coefficient (Wildman–Crippen LogP) is 2.19. The molecule has 0 radical (unpaired) electrons. The maximum atomic E-state index is 11.6. The molecule has 1 unspecified atom stereocenters. The van der Waals surface area contributed by atoms with Gasteiger partial charge < -0.3 is 4.90 Å². The SMILES string of the molecule is CC1CCCC(=O)N1C(C)(C)C. The first-order chi connectivity index (χ1) is 5.43. The standard InChI is InChI=1S/C10H19NO/c1-8-6-5-7-9(12)11(8)10(2,3)4/h8H,5-7H2,1-4H3. The van der Waals surface area contributed by atoms with E-state index in [-0.39, 0.29) is 5.54 Å². The molecule has 0 aromatic carbocycles. The third kappa shape index (κ3) is 1.79. The first-order valence-corrected chi connectivity index (χ1v) is 4.75. The number of carbonyl (C=O) groups excluding carboxylic acids is 1. The minimum absolute atomic E-state index is 0.00306. The molecule has 70 valence electrons. The van der Waals surface area contributed by atoms with Crippen LogP contribution < -0.4 is 0 Å². The summed E-state index contributed by atoms with van der Waals surface area (Å²) in [6.45, 7) is 8.45. The molecule has 0 aliphatic carbocycles. The van der Waals surface area contributed by atoms with Crippen LogP contribution in [0.5, 0.6) is 0 Å². The third-order valence-corrected chi connectivity index (χ3v) is 2.44. The summed E-state index contributed by atoms with van der Waals surface area (Å²) in [5, 5.41) is 0. The summed E-state index contributed by atoms with van der Waals surface area (Å²) in [4.78, 5) is 13.6. The van der Waals surface area contributed by atoms with Gasteiger partial charge in [0.15, 0.2) is 0 Å². The Bertz CT molecular complexity index is 181. The van der Waals surface area contributed by atoms with E-state index in [1.54, 1.807) is 0 Å². The molecular formula is C10H19NO. The van der Waals surface area contributed by atoms with Crippen LogP contribution in [0.3, 0.4) is 0 Å². The van der Waals surface area contributed by atoms with Crippen molar-refractivity contribution >= 4 is 5.91 Å². The van der Waals surface area contributed by atoms with Crippen molar-refractivity contribution in [3.8, 4) is 0 Å². The fourth-order valence-corrected chi connectivity index (χ4v) is 2.08. The number of likely N-dealkylation sites (tertiary alicyclic amines) is 1. The van der Waals surface area contributed by atoms with Crippen LogP contribution in [0.25, 0.3) is 0 Å². The predicted molar refractivity (Wildman–Crippen MR) is 49.9 cm³/mol. The van der Waals surface area contributed by atoms with Gasteiger partial charge in [0.1, 0.15) is 0 Å². The zero-order valence-corrected chi connectivity index (χ0v) is 8.55. The Hall–Kier alpha value is -0.530. The van der Waals surface area contributed by atoms with Gasteiger partial charge >= 0.3 is 0 Å². The average Bonchev–Trinajstić information content (AvgIpc) is 1.82. The molecule has 1 atom stereocenters. The smallest absolute Gasteiger partial charge is 0.223 e. The first-order valence-electron chi connectivity index (χ1n) is 4.75. The van der Waals surface area contributed by atoms with E-state index in [0.717, 1.165) is 19.3 Å². The summed E-state index contributed by atoms with van der Waals surface area (Å²) in [5.74, 6) is 0.321. The molecule has 0 N–H and O–H groups in total. The van der Waals surface area contributed by atoms with E-state index < -0.39 is 0 Å². The summed E-state index contributed by atoms with van der Waals surface area (Å²) in [5.41, 5.74) is -0.00306. The maximum Gasteiger partial charge on any atom is 0.223 e. The van der Waals surface area contributed by atoms with Gasteiger partial charge in [-0.05, 0) is 40.5 Å². The molecule has 2 nitrogen and oxygen atoms in total. The van der Waals surface area contributed by atoms with Crippen molar-refractivity contribution in [1.29, 1.82) is 0 Å². The van der Waals surface area contributed by atoms with Crippen molar-refractivity contribution in [1.82, 2.24) is 4.90 Å². The molecule has 2 heteroatoms. The Balaban J connectivity index is 2.77. The fraction of sp³-hybridized carbons (Fsp3) is 0.900. The van der Waals surface area contributed by atoms with Gasteiger partial charge in [0.2, 0.25) is 5.91 Å². The molecule has 1 fully saturated rings. The molecule has 0 saturated carbocycles. The molecule has 0 aromatic rings. The lowest BCUT2D eigenvalue weighted by molar-refractivity contribution is -0.141. The van der Waals surface area contributed by atoms with Gasteiger partial charge in [-0.15, -0.1) is 0 Å². The van der Waals surface area contributed by atoms with E-state index in [1.165, 1.54) is 0 Å². The van der Waals surface area contributed by atoms with Crippen LogP contribution in [-0.4, -0.2) is 22.4 Å². The summed E-state index contributed by atoms with van der Waals surface area (Å²) in [7, 11) is 0. The maximum absolute atomic E-state index is 11.6. The molecule has 0 spiro atoms. The fourth-order valence-electron chi connectivity index (χ4n) is 2.08. The summed E-state index contributed by atoms with van der Waals surface area (Å²) in [6, 6.07) is 0.422. The minimum Gasteiger partial charge on any atom is -0.335 e. The molecule has 1 aliphatic heterocycles. The van der Waals surface area contributed by atoms with Crippen LogP contribution in [0.2, 0.25) is 0 Å². The van der Waals surface area contributed by atoms with Crippen molar-refractivity contribution in [3.63, 3.8) is 0 Å². The highest BCUT2D eigenvalue weighted by Crippen LogP contribution is 2.25. The topological polar surface area (TPSA) is 20.3 Å². The number of nitrogens with zero attached hydrogens (tertiary/aromatic N) is 1. The van der Waals surface area contributed by atoms with E-state index in [4.69, 9.17) is 0 Å². The van der Waals surface area contributed by atoms with Gasteiger partial charge in [-0.3, -0.25) is 4.79 Å². The van der Waals surface area contributed by atoms with Gasteiger partial charge in [0.25, 0.3) is 0 Å². The van der Waals surface area contributed by atoms with Crippen molar-refractivity contribution in [3.05, 3.63) is 0 Å². The van der Waals surface area contributed by atoms with Crippen LogP contribution >= 0.6 is 0 Å². The second-order valence-corrected chi connectivity index (χ2v) is 4.68. The molecule has 1 rings (SSSR count). The summed E-state index contributed by atoms with van der Waals surface area (Å²) in [6.07, 6.45) is 2.96. The van der Waals surface area contributed by atoms with E-state index in [2.05, 4.69) is 27.7 Å².